The van der Waals surface area contributed by atoms with Gasteiger partial charge in [-0.1, -0.05) is 29.8 Å². The van der Waals surface area contributed by atoms with Crippen LogP contribution >= 0.6 is 0 Å². The monoisotopic (exact) mass is 361 g/mol. The zero-order valence-corrected chi connectivity index (χ0v) is 14.8. The number of hydrogen-bond donors (Lipinski definition) is 2. The van der Waals surface area contributed by atoms with Crippen molar-refractivity contribution in [3.63, 3.8) is 0 Å². The summed E-state index contributed by atoms with van der Waals surface area (Å²) in [7, 11) is 0. The summed E-state index contributed by atoms with van der Waals surface area (Å²) in [6.45, 7) is 2.37. The molecule has 0 atom stereocenters. The third-order valence-electron chi connectivity index (χ3n) is 4.11. The molecule has 0 aliphatic carbocycles. The van der Waals surface area contributed by atoms with Crippen molar-refractivity contribution in [3.8, 4) is 0 Å². The number of pyridine rings is 1. The number of rotatable bonds is 5. The Morgan fingerprint density at radius 3 is 2.37 bits per heavy atom. The molecule has 0 aliphatic heterocycles. The number of nitrogens with two attached hydrogens (primary N) is 1. The van der Waals surface area contributed by atoms with Crippen LogP contribution in [0.3, 0.4) is 0 Å². The van der Waals surface area contributed by atoms with Crippen LogP contribution in [0, 0.1) is 6.92 Å². The van der Waals surface area contributed by atoms with Gasteiger partial charge >= 0.3 is 0 Å². The van der Waals surface area contributed by atoms with Crippen LogP contribution < -0.4 is 16.6 Å². The third-order valence-corrected chi connectivity index (χ3v) is 4.11. The highest BCUT2D eigenvalue weighted by molar-refractivity contribution is 6.04. The van der Waals surface area contributed by atoms with Gasteiger partial charge in [-0.15, -0.1) is 0 Å². The molecule has 3 aromatic rings. The van der Waals surface area contributed by atoms with E-state index >= 15 is 0 Å². The Morgan fingerprint density at radius 2 is 1.70 bits per heavy atom. The quantitative estimate of drug-likeness (QED) is 0.731. The lowest BCUT2D eigenvalue weighted by atomic mass is 10.1. The van der Waals surface area contributed by atoms with E-state index in [-0.39, 0.29) is 11.5 Å². The lowest BCUT2D eigenvalue weighted by Crippen LogP contribution is -2.22. The first-order valence-corrected chi connectivity index (χ1v) is 8.39. The number of nitrogens with one attached hydrogen (secondary N) is 1. The van der Waals surface area contributed by atoms with Crippen LogP contribution in [-0.4, -0.2) is 16.4 Å². The molecule has 27 heavy (non-hydrogen) atoms. The molecule has 0 radical (unpaired) electrons. The molecular formula is C21H19N3O3. The minimum absolute atomic E-state index is 0.182. The molecule has 0 unspecified atom stereocenters. The smallest absolute Gasteiger partial charge is 0.257 e. The summed E-state index contributed by atoms with van der Waals surface area (Å²) in [6, 6.07) is 17.0. The molecule has 2 aromatic carbocycles. The summed E-state index contributed by atoms with van der Waals surface area (Å²) in [4.78, 5) is 35.7. The van der Waals surface area contributed by atoms with Crippen molar-refractivity contribution >= 4 is 17.5 Å². The highest BCUT2D eigenvalue weighted by atomic mass is 16.2. The fourth-order valence-electron chi connectivity index (χ4n) is 2.72. The predicted octanol–water partition coefficient (Wildman–Crippen LogP) is 2.56. The van der Waals surface area contributed by atoms with Crippen molar-refractivity contribution in [2.24, 2.45) is 5.73 Å². The van der Waals surface area contributed by atoms with Crippen LogP contribution in [0.15, 0.2) is 71.7 Å². The van der Waals surface area contributed by atoms with Crippen molar-refractivity contribution in [2.75, 3.05) is 5.32 Å². The molecule has 0 bridgehead atoms. The zero-order valence-electron chi connectivity index (χ0n) is 14.8. The third kappa shape index (κ3) is 4.49. The summed E-state index contributed by atoms with van der Waals surface area (Å²) < 4.78 is 1.50. The fraction of sp³-hybridized carbons (Fsp3) is 0.0952. The minimum Gasteiger partial charge on any atom is -0.366 e. The van der Waals surface area contributed by atoms with Crippen molar-refractivity contribution in [1.29, 1.82) is 0 Å². The molecule has 1 heterocycles. The fourth-order valence-corrected chi connectivity index (χ4v) is 2.72. The molecule has 2 amide bonds. The molecule has 1 aromatic heterocycles. The Bertz CT molecular complexity index is 1050. The van der Waals surface area contributed by atoms with E-state index in [1.165, 1.54) is 35.0 Å². The number of anilines is 1. The number of primary amides is 1. The Morgan fingerprint density at radius 1 is 1.00 bits per heavy atom. The summed E-state index contributed by atoms with van der Waals surface area (Å²) in [6.07, 6.45) is 1.54. The maximum absolute atomic E-state index is 12.5. The maximum Gasteiger partial charge on any atom is 0.257 e. The summed E-state index contributed by atoms with van der Waals surface area (Å²) in [5.41, 5.74) is 8.36. The lowest BCUT2D eigenvalue weighted by molar-refractivity contribution is 0.0998. The van der Waals surface area contributed by atoms with Crippen molar-refractivity contribution in [3.05, 3.63) is 99.5 Å². The second kappa shape index (κ2) is 7.70. The Balaban J connectivity index is 1.79. The van der Waals surface area contributed by atoms with Gasteiger partial charge in [-0.2, -0.15) is 0 Å². The average Bonchev–Trinajstić information content (AvgIpc) is 2.64. The molecule has 0 spiro atoms. The van der Waals surface area contributed by atoms with Gasteiger partial charge in [0.25, 0.3) is 11.5 Å². The topological polar surface area (TPSA) is 94.2 Å². The average molecular weight is 361 g/mol. The molecule has 3 rings (SSSR count). The van der Waals surface area contributed by atoms with Crippen LogP contribution in [0.25, 0.3) is 0 Å². The van der Waals surface area contributed by atoms with Gasteiger partial charge in [0.1, 0.15) is 0 Å². The number of nitrogens with zero attached hydrogens (tertiary/aromatic N) is 1. The first kappa shape index (κ1) is 18.1. The van der Waals surface area contributed by atoms with E-state index in [0.29, 0.717) is 23.4 Å². The van der Waals surface area contributed by atoms with Crippen LogP contribution in [0.1, 0.15) is 31.8 Å². The van der Waals surface area contributed by atoms with E-state index in [1.54, 1.807) is 12.1 Å². The second-order valence-electron chi connectivity index (χ2n) is 6.27. The van der Waals surface area contributed by atoms with E-state index in [1.807, 2.05) is 31.2 Å². The van der Waals surface area contributed by atoms with Gasteiger partial charge < -0.3 is 15.6 Å². The molecular weight excluding hydrogens is 342 g/mol. The lowest BCUT2D eigenvalue weighted by Gasteiger charge is -2.10. The van der Waals surface area contributed by atoms with Gasteiger partial charge in [-0.3, -0.25) is 14.4 Å². The van der Waals surface area contributed by atoms with E-state index in [2.05, 4.69) is 5.32 Å². The molecule has 0 aliphatic rings. The van der Waals surface area contributed by atoms with Gasteiger partial charge in [-0.05, 0) is 42.8 Å². The van der Waals surface area contributed by atoms with Crippen molar-refractivity contribution in [1.82, 2.24) is 4.57 Å². The van der Waals surface area contributed by atoms with E-state index in [0.717, 1.165) is 11.1 Å². The Labute approximate surface area is 156 Å². The number of carbonyl (C=O) groups is 2. The number of carbonyl (C=O) groups excluding carboxylic acids is 2. The van der Waals surface area contributed by atoms with Gasteiger partial charge in [0.15, 0.2) is 0 Å². The zero-order chi connectivity index (χ0) is 19.4. The van der Waals surface area contributed by atoms with E-state index in [9.17, 15) is 14.4 Å². The van der Waals surface area contributed by atoms with Gasteiger partial charge in [0, 0.05) is 23.5 Å². The normalized spacial score (nSPS) is 10.4. The predicted molar refractivity (Wildman–Crippen MR) is 104 cm³/mol. The second-order valence-corrected chi connectivity index (χ2v) is 6.27. The number of amides is 2. The van der Waals surface area contributed by atoms with Gasteiger partial charge in [0.05, 0.1) is 12.1 Å². The SMILES string of the molecule is Cc1cccc(Cn2cc(C(=O)Nc3ccc(C(N)=O)cc3)ccc2=O)c1. The summed E-state index contributed by atoms with van der Waals surface area (Å²) >= 11 is 0. The molecule has 0 saturated carbocycles. The maximum atomic E-state index is 12.5. The number of aryl methyl sites for hydroxylation is 1. The minimum atomic E-state index is -0.531. The van der Waals surface area contributed by atoms with Crippen LogP contribution in [0.2, 0.25) is 0 Å². The summed E-state index contributed by atoms with van der Waals surface area (Å²) in [5, 5.41) is 2.74. The first-order valence-electron chi connectivity index (χ1n) is 8.39. The van der Waals surface area contributed by atoms with Gasteiger partial charge in [-0.25, -0.2) is 0 Å². The van der Waals surface area contributed by atoms with E-state index in [4.69, 9.17) is 5.73 Å². The van der Waals surface area contributed by atoms with Crippen molar-refractivity contribution in [2.45, 2.75) is 13.5 Å². The molecule has 0 saturated heterocycles. The van der Waals surface area contributed by atoms with Crippen molar-refractivity contribution < 1.29 is 9.59 Å². The van der Waals surface area contributed by atoms with Gasteiger partial charge in [0.2, 0.25) is 5.91 Å². The molecule has 3 N–H and O–H groups in total. The highest BCUT2D eigenvalue weighted by Crippen LogP contribution is 2.11. The molecule has 6 heteroatoms. The van der Waals surface area contributed by atoms with Crippen LogP contribution in [0.4, 0.5) is 5.69 Å². The number of benzene rings is 2. The highest BCUT2D eigenvalue weighted by Gasteiger charge is 2.09. The molecule has 136 valence electrons. The van der Waals surface area contributed by atoms with E-state index < -0.39 is 5.91 Å². The molecule has 0 fully saturated rings. The largest absolute Gasteiger partial charge is 0.366 e. The number of hydrogen-bond acceptors (Lipinski definition) is 3. The standard InChI is InChI=1S/C21H19N3O3/c1-14-3-2-4-15(11-14)12-24-13-17(7-10-19(24)25)21(27)23-18-8-5-16(6-9-18)20(22)26/h2-11,13H,12H2,1H3,(H2,22,26)(H,23,27). The molecule has 6 nitrogen and oxygen atoms in total. The Hall–Kier alpha value is -3.67. The summed E-state index contributed by atoms with van der Waals surface area (Å²) in [5.74, 6) is -0.879. The first-order chi connectivity index (χ1) is 12.9. The van der Waals surface area contributed by atoms with Crippen LogP contribution in [-0.2, 0) is 6.54 Å². The number of aromatic nitrogens is 1. The van der Waals surface area contributed by atoms with Crippen LogP contribution in [0.5, 0.6) is 0 Å². The Kier molecular flexibility index (Phi) is 5.17.